The van der Waals surface area contributed by atoms with E-state index in [0.29, 0.717) is 29.7 Å². The van der Waals surface area contributed by atoms with Crippen molar-refractivity contribution >= 4 is 12.4 Å². The molecule has 0 spiro atoms. The van der Waals surface area contributed by atoms with Crippen molar-refractivity contribution in [1.29, 1.82) is 0 Å². The summed E-state index contributed by atoms with van der Waals surface area (Å²) in [7, 11) is 0. The molecule has 1 amide bonds. The van der Waals surface area contributed by atoms with E-state index >= 15 is 0 Å². The first-order valence-corrected chi connectivity index (χ1v) is 11.3. The number of alkyl halides is 6. The average molecular weight is 530 g/mol. The topological polar surface area (TPSA) is 59.1 Å². The molecule has 1 aliphatic heterocycles. The summed E-state index contributed by atoms with van der Waals surface area (Å²) in [6, 6.07) is 2.55. The van der Waals surface area contributed by atoms with Crippen LogP contribution in [0.15, 0.2) is 12.1 Å². The minimum atomic E-state index is -5.79. The smallest absolute Gasteiger partial charge is 0.434 e. The minimum absolute atomic E-state index is 0.0855. The van der Waals surface area contributed by atoms with E-state index in [1.807, 2.05) is 13.8 Å². The first-order chi connectivity index (χ1) is 16.7. The molecule has 2 rings (SSSR count). The van der Waals surface area contributed by atoms with Gasteiger partial charge in [0, 0.05) is 38.3 Å². The fourth-order valence-electron chi connectivity index (χ4n) is 3.82. The zero-order valence-electron chi connectivity index (χ0n) is 20.1. The molecule has 1 fully saturated rings. The van der Waals surface area contributed by atoms with Gasteiger partial charge in [-0.3, -0.25) is 4.90 Å². The molecule has 204 valence electrons. The quantitative estimate of drug-likeness (QED) is 0.322. The molecular formula is C23H29F7N2O4. The van der Waals surface area contributed by atoms with Crippen molar-refractivity contribution in [3.63, 3.8) is 0 Å². The monoisotopic (exact) mass is 530 g/mol. The highest BCUT2D eigenvalue weighted by Crippen LogP contribution is 2.36. The summed E-state index contributed by atoms with van der Waals surface area (Å²) in [5, 5.41) is 0. The Balaban J connectivity index is 2.07. The van der Waals surface area contributed by atoms with Crippen LogP contribution in [-0.2, 0) is 16.1 Å². The van der Waals surface area contributed by atoms with Crippen LogP contribution >= 0.6 is 0 Å². The Labute approximate surface area is 204 Å². The number of piperazine rings is 1. The fourth-order valence-corrected chi connectivity index (χ4v) is 3.82. The van der Waals surface area contributed by atoms with Crippen LogP contribution in [0.2, 0.25) is 0 Å². The largest absolute Gasteiger partial charge is 0.492 e. The molecule has 1 aromatic rings. The number of halogens is 7. The number of aldehydes is 1. The van der Waals surface area contributed by atoms with Crippen LogP contribution in [0.3, 0.4) is 0 Å². The van der Waals surface area contributed by atoms with Gasteiger partial charge in [-0.15, -0.1) is 0 Å². The Morgan fingerprint density at radius 2 is 1.58 bits per heavy atom. The zero-order valence-corrected chi connectivity index (χ0v) is 20.1. The lowest BCUT2D eigenvalue weighted by Gasteiger charge is -2.35. The highest BCUT2D eigenvalue weighted by molar-refractivity contribution is 5.68. The Morgan fingerprint density at radius 1 is 1.03 bits per heavy atom. The summed E-state index contributed by atoms with van der Waals surface area (Å²) < 4.78 is 99.8. The van der Waals surface area contributed by atoms with Crippen LogP contribution < -0.4 is 4.74 Å². The second-order valence-corrected chi connectivity index (χ2v) is 8.80. The first-order valence-electron chi connectivity index (χ1n) is 11.3. The van der Waals surface area contributed by atoms with Crippen LogP contribution in [0.5, 0.6) is 5.75 Å². The van der Waals surface area contributed by atoms with E-state index in [9.17, 15) is 40.3 Å². The van der Waals surface area contributed by atoms with Gasteiger partial charge in [0.15, 0.2) is 0 Å². The van der Waals surface area contributed by atoms with E-state index in [-0.39, 0.29) is 39.3 Å². The Hall–Kier alpha value is -2.57. The third-order valence-electron chi connectivity index (χ3n) is 6.32. The number of hydrogen-bond acceptors (Lipinski definition) is 5. The number of aryl methyl sites for hydroxylation is 1. The van der Waals surface area contributed by atoms with Gasteiger partial charge >= 0.3 is 18.4 Å². The van der Waals surface area contributed by atoms with Crippen molar-refractivity contribution in [2.24, 2.45) is 5.41 Å². The molecule has 1 heterocycles. The van der Waals surface area contributed by atoms with Crippen LogP contribution in [0.4, 0.5) is 35.5 Å². The molecule has 0 saturated carbocycles. The van der Waals surface area contributed by atoms with Gasteiger partial charge in [0.2, 0.25) is 0 Å². The molecule has 0 bridgehead atoms. The highest BCUT2D eigenvalue weighted by atomic mass is 19.4. The molecule has 36 heavy (non-hydrogen) atoms. The van der Waals surface area contributed by atoms with Gasteiger partial charge in [0.05, 0.1) is 5.41 Å². The number of rotatable bonds is 9. The third-order valence-corrected chi connectivity index (χ3v) is 6.32. The van der Waals surface area contributed by atoms with E-state index in [1.54, 1.807) is 11.8 Å². The van der Waals surface area contributed by atoms with Crippen LogP contribution in [0, 0.1) is 18.2 Å². The molecule has 6 nitrogen and oxygen atoms in total. The van der Waals surface area contributed by atoms with Crippen molar-refractivity contribution in [3.8, 4) is 5.75 Å². The lowest BCUT2D eigenvalue weighted by molar-refractivity contribution is -0.308. The standard InChI is InChI=1S/C23H29F7N2O4/c1-4-21(5-2,13-33)14-35-18-15(3)10-17(24)11-16(18)12-31-6-8-32(9-7-31)20(34)36-19(22(25,26)27)23(28,29)30/h10-11,13,19H,4-9,12,14H2,1-3H3. The molecular weight excluding hydrogens is 501 g/mol. The molecule has 0 N–H and O–H groups in total. The third kappa shape index (κ3) is 7.47. The molecule has 1 aliphatic rings. The van der Waals surface area contributed by atoms with E-state index in [0.717, 1.165) is 11.2 Å². The van der Waals surface area contributed by atoms with Crippen LogP contribution in [0.25, 0.3) is 0 Å². The summed E-state index contributed by atoms with van der Waals surface area (Å²) in [4.78, 5) is 26.1. The number of hydrogen-bond donors (Lipinski definition) is 0. The maximum absolute atomic E-state index is 14.1. The number of ether oxygens (including phenoxy) is 2. The Kier molecular flexibility index (Phi) is 9.60. The summed E-state index contributed by atoms with van der Waals surface area (Å²) in [5.74, 6) is -0.125. The molecule has 13 heteroatoms. The van der Waals surface area contributed by atoms with Gasteiger partial charge in [-0.2, -0.15) is 26.3 Å². The maximum atomic E-state index is 14.1. The minimum Gasteiger partial charge on any atom is -0.492 e. The molecule has 0 unspecified atom stereocenters. The maximum Gasteiger partial charge on any atom is 0.434 e. The van der Waals surface area contributed by atoms with E-state index in [1.165, 1.54) is 12.1 Å². The molecule has 0 aliphatic carbocycles. The number of benzene rings is 1. The molecule has 0 atom stereocenters. The zero-order chi connectivity index (χ0) is 27.3. The predicted molar refractivity (Wildman–Crippen MR) is 115 cm³/mol. The highest BCUT2D eigenvalue weighted by Gasteiger charge is 2.60. The van der Waals surface area contributed by atoms with Crippen molar-refractivity contribution in [2.75, 3.05) is 32.8 Å². The average Bonchev–Trinajstić information content (AvgIpc) is 2.78. The molecule has 0 aromatic heterocycles. The van der Waals surface area contributed by atoms with Crippen LogP contribution in [-0.4, -0.2) is 73.4 Å². The Bertz CT molecular complexity index is 895. The van der Waals surface area contributed by atoms with E-state index < -0.39 is 35.8 Å². The van der Waals surface area contributed by atoms with Gasteiger partial charge in [-0.25, -0.2) is 9.18 Å². The van der Waals surface area contributed by atoms with Gasteiger partial charge in [0.1, 0.15) is 24.5 Å². The normalized spacial score (nSPS) is 15.8. The van der Waals surface area contributed by atoms with Crippen LogP contribution in [0.1, 0.15) is 37.8 Å². The van der Waals surface area contributed by atoms with E-state index in [4.69, 9.17) is 4.74 Å². The fraction of sp³-hybridized carbons (Fsp3) is 0.652. The number of carbonyl (C=O) groups is 2. The van der Waals surface area contributed by atoms with Crippen molar-refractivity contribution in [2.45, 2.75) is 58.6 Å². The lowest BCUT2D eigenvalue weighted by atomic mass is 9.85. The van der Waals surface area contributed by atoms with Crippen molar-refractivity contribution in [3.05, 3.63) is 29.1 Å². The SMILES string of the molecule is CCC(C=O)(CC)COc1c(C)cc(F)cc1CN1CCN(C(=O)OC(C(F)(F)F)C(F)(F)F)CC1. The van der Waals surface area contributed by atoms with Gasteiger partial charge in [0.25, 0.3) is 6.10 Å². The number of amides is 1. The van der Waals surface area contributed by atoms with Crippen molar-refractivity contribution in [1.82, 2.24) is 9.80 Å². The van der Waals surface area contributed by atoms with E-state index in [2.05, 4.69) is 4.74 Å². The lowest BCUT2D eigenvalue weighted by Crippen LogP contribution is -2.52. The summed E-state index contributed by atoms with van der Waals surface area (Å²) >= 11 is 0. The second-order valence-electron chi connectivity index (χ2n) is 8.80. The summed E-state index contributed by atoms with van der Waals surface area (Å²) in [6.07, 6.45) is -15.6. The summed E-state index contributed by atoms with van der Waals surface area (Å²) in [6.45, 7) is 5.40. The van der Waals surface area contributed by atoms with Gasteiger partial charge in [-0.1, -0.05) is 13.8 Å². The molecule has 1 aromatic carbocycles. The Morgan fingerprint density at radius 3 is 2.06 bits per heavy atom. The predicted octanol–water partition coefficient (Wildman–Crippen LogP) is 5.27. The number of nitrogens with zero attached hydrogens (tertiary/aromatic N) is 2. The first kappa shape index (κ1) is 29.7. The molecule has 1 saturated heterocycles. The molecule has 0 radical (unpaired) electrons. The summed E-state index contributed by atoms with van der Waals surface area (Å²) in [5.41, 5.74) is 0.267. The number of carbonyl (C=O) groups excluding carboxylic acids is 2. The van der Waals surface area contributed by atoms with Crippen molar-refractivity contribution < 1.29 is 49.8 Å². The second kappa shape index (κ2) is 11.7. The van der Waals surface area contributed by atoms with Gasteiger partial charge in [-0.05, 0) is 37.5 Å². The van der Waals surface area contributed by atoms with Gasteiger partial charge < -0.3 is 19.2 Å².